The van der Waals surface area contributed by atoms with Crippen LogP contribution < -0.4 is 4.31 Å². The van der Waals surface area contributed by atoms with Gasteiger partial charge >= 0.3 is 0 Å². The molecule has 0 heterocycles. The van der Waals surface area contributed by atoms with Crippen molar-refractivity contribution in [2.45, 2.75) is 52.4 Å². The normalized spacial score (nSPS) is 12.0. The molecule has 0 radical (unpaired) electrons. The van der Waals surface area contributed by atoms with E-state index in [1.807, 2.05) is 31.2 Å². The summed E-state index contributed by atoms with van der Waals surface area (Å²) in [6.07, 6.45) is 1.88. The topological polar surface area (TPSA) is 37.4 Å². The van der Waals surface area contributed by atoms with E-state index in [2.05, 4.69) is 33.8 Å². The maximum Gasteiger partial charge on any atom is 0.264 e. The predicted octanol–water partition coefficient (Wildman–Crippen LogP) is 5.22. The van der Waals surface area contributed by atoms with Crippen molar-refractivity contribution >= 4 is 15.7 Å². The van der Waals surface area contributed by atoms with Crippen LogP contribution in [0.1, 0.15) is 44.4 Å². The Morgan fingerprint density at radius 1 is 0.846 bits per heavy atom. The number of hydrogen-bond acceptors (Lipinski definition) is 2. The highest BCUT2D eigenvalue weighted by atomic mass is 32.2. The summed E-state index contributed by atoms with van der Waals surface area (Å²) in [4.78, 5) is 0.324. The second-order valence-corrected chi connectivity index (χ2v) is 9.96. The Morgan fingerprint density at radius 3 is 1.73 bits per heavy atom. The Morgan fingerprint density at radius 2 is 1.31 bits per heavy atom. The van der Waals surface area contributed by atoms with E-state index < -0.39 is 10.0 Å². The summed E-state index contributed by atoms with van der Waals surface area (Å²) in [6.45, 7) is 10.7. The van der Waals surface area contributed by atoms with Crippen molar-refractivity contribution in [3.63, 3.8) is 0 Å². The summed E-state index contributed by atoms with van der Waals surface area (Å²) in [5, 5.41) is 0. The third-order valence-corrected chi connectivity index (χ3v) is 6.17. The molecule has 0 atom stereocenters. The molecule has 0 saturated carbocycles. The number of anilines is 1. The lowest BCUT2D eigenvalue weighted by atomic mass is 9.96. The molecule has 4 heteroatoms. The maximum atomic E-state index is 13.0. The molecule has 26 heavy (non-hydrogen) atoms. The van der Waals surface area contributed by atoms with E-state index in [0.717, 1.165) is 24.1 Å². The van der Waals surface area contributed by atoms with Gasteiger partial charge in [-0.25, -0.2) is 8.42 Å². The van der Waals surface area contributed by atoms with Gasteiger partial charge in [-0.3, -0.25) is 4.31 Å². The molecule has 3 nitrogen and oxygen atoms in total. The SMILES string of the molecule is Cc1ccc(S(=O)(=O)N(C)c2cc(CC(C)C)cc(CC(C)C)c2)cc1. The third kappa shape index (κ3) is 5.10. The monoisotopic (exact) mass is 373 g/mol. The summed E-state index contributed by atoms with van der Waals surface area (Å²) in [7, 11) is -1.92. The van der Waals surface area contributed by atoms with Gasteiger partial charge < -0.3 is 0 Å². The van der Waals surface area contributed by atoms with Crippen LogP contribution in [0.3, 0.4) is 0 Å². The molecule has 0 unspecified atom stereocenters. The summed E-state index contributed by atoms with van der Waals surface area (Å²) < 4.78 is 27.5. The first kappa shape index (κ1) is 20.5. The van der Waals surface area contributed by atoms with E-state index in [9.17, 15) is 8.42 Å². The van der Waals surface area contributed by atoms with Crippen LogP contribution in [0, 0.1) is 18.8 Å². The minimum Gasteiger partial charge on any atom is -0.269 e. The standard InChI is InChI=1S/C22H31NO2S/c1-16(2)11-19-13-20(12-17(3)4)15-21(14-19)23(6)26(24,25)22-9-7-18(5)8-10-22/h7-10,13-17H,11-12H2,1-6H3. The minimum atomic E-state index is -3.57. The number of rotatable bonds is 7. The van der Waals surface area contributed by atoms with Crippen molar-refractivity contribution < 1.29 is 8.42 Å². The molecule has 0 amide bonds. The molecule has 0 spiro atoms. The second-order valence-electron chi connectivity index (χ2n) is 7.99. The molecule has 0 saturated heterocycles. The van der Waals surface area contributed by atoms with E-state index in [0.29, 0.717) is 16.7 Å². The first-order valence-corrected chi connectivity index (χ1v) is 10.7. The van der Waals surface area contributed by atoms with Crippen molar-refractivity contribution in [2.75, 3.05) is 11.4 Å². The highest BCUT2D eigenvalue weighted by molar-refractivity contribution is 7.92. The van der Waals surface area contributed by atoms with E-state index in [1.165, 1.54) is 15.4 Å². The van der Waals surface area contributed by atoms with E-state index in [-0.39, 0.29) is 0 Å². The van der Waals surface area contributed by atoms with Gasteiger partial charge in [0.05, 0.1) is 10.6 Å². The summed E-state index contributed by atoms with van der Waals surface area (Å²) >= 11 is 0. The Hall–Kier alpha value is -1.81. The molecule has 2 aromatic carbocycles. The molecule has 2 aromatic rings. The number of nitrogens with zero attached hydrogens (tertiary/aromatic N) is 1. The fourth-order valence-corrected chi connectivity index (χ4v) is 4.29. The summed E-state index contributed by atoms with van der Waals surface area (Å²) in [5.74, 6) is 1.05. The fourth-order valence-electron chi connectivity index (χ4n) is 3.11. The van der Waals surface area contributed by atoms with Gasteiger partial charge in [0.1, 0.15) is 0 Å². The molecular formula is C22H31NO2S. The smallest absolute Gasteiger partial charge is 0.264 e. The minimum absolute atomic E-state index is 0.324. The third-order valence-electron chi connectivity index (χ3n) is 4.37. The van der Waals surface area contributed by atoms with Crippen LogP contribution in [-0.2, 0) is 22.9 Å². The van der Waals surface area contributed by atoms with Crippen LogP contribution in [0.15, 0.2) is 47.4 Å². The molecule has 0 bridgehead atoms. The summed E-state index contributed by atoms with van der Waals surface area (Å²) in [6, 6.07) is 13.3. The van der Waals surface area contributed by atoms with Crippen LogP contribution >= 0.6 is 0 Å². The molecule has 0 aliphatic rings. The average Bonchev–Trinajstić information content (AvgIpc) is 2.53. The zero-order valence-corrected chi connectivity index (χ0v) is 17.6. The molecule has 0 aromatic heterocycles. The van der Waals surface area contributed by atoms with Crippen molar-refractivity contribution in [1.29, 1.82) is 0 Å². The van der Waals surface area contributed by atoms with Gasteiger partial charge in [-0.05, 0) is 67.0 Å². The van der Waals surface area contributed by atoms with Crippen LogP contribution in [0.25, 0.3) is 0 Å². The quantitative estimate of drug-likeness (QED) is 0.667. The molecule has 0 aliphatic carbocycles. The number of sulfonamides is 1. The summed E-state index contributed by atoms with van der Waals surface area (Å²) in [5.41, 5.74) is 4.17. The van der Waals surface area contributed by atoms with Gasteiger partial charge in [-0.2, -0.15) is 0 Å². The van der Waals surface area contributed by atoms with Crippen molar-refractivity contribution in [2.24, 2.45) is 11.8 Å². The lowest BCUT2D eigenvalue weighted by molar-refractivity contribution is 0.594. The zero-order valence-electron chi connectivity index (χ0n) is 16.8. The van der Waals surface area contributed by atoms with E-state index in [1.54, 1.807) is 19.2 Å². The Bertz CT molecular complexity index is 809. The van der Waals surface area contributed by atoms with Gasteiger partial charge in [-0.15, -0.1) is 0 Å². The first-order valence-electron chi connectivity index (χ1n) is 9.28. The first-order chi connectivity index (χ1) is 12.1. The Labute approximate surface area is 159 Å². The fraction of sp³-hybridized carbons (Fsp3) is 0.455. The van der Waals surface area contributed by atoms with Crippen molar-refractivity contribution in [3.8, 4) is 0 Å². The molecule has 0 N–H and O–H groups in total. The van der Waals surface area contributed by atoms with Crippen LogP contribution in [0.4, 0.5) is 5.69 Å². The van der Waals surface area contributed by atoms with Crippen LogP contribution in [-0.4, -0.2) is 15.5 Å². The molecule has 2 rings (SSSR count). The molecule has 0 aliphatic heterocycles. The lowest BCUT2D eigenvalue weighted by Gasteiger charge is -2.22. The number of aryl methyl sites for hydroxylation is 1. The van der Waals surface area contributed by atoms with Gasteiger partial charge in [0.2, 0.25) is 0 Å². The molecule has 0 fully saturated rings. The van der Waals surface area contributed by atoms with Crippen LogP contribution in [0.2, 0.25) is 0 Å². The highest BCUT2D eigenvalue weighted by Gasteiger charge is 2.22. The Kier molecular flexibility index (Phi) is 6.51. The van der Waals surface area contributed by atoms with Gasteiger partial charge in [-0.1, -0.05) is 51.5 Å². The lowest BCUT2D eigenvalue weighted by Crippen LogP contribution is -2.26. The zero-order chi connectivity index (χ0) is 19.5. The second kappa shape index (κ2) is 8.26. The highest BCUT2D eigenvalue weighted by Crippen LogP contribution is 2.27. The number of benzene rings is 2. The van der Waals surface area contributed by atoms with Gasteiger partial charge in [0.25, 0.3) is 10.0 Å². The Balaban J connectivity index is 2.45. The van der Waals surface area contributed by atoms with E-state index >= 15 is 0 Å². The maximum absolute atomic E-state index is 13.0. The average molecular weight is 374 g/mol. The van der Waals surface area contributed by atoms with Crippen molar-refractivity contribution in [3.05, 3.63) is 59.2 Å². The van der Waals surface area contributed by atoms with E-state index in [4.69, 9.17) is 0 Å². The molecular weight excluding hydrogens is 342 g/mol. The predicted molar refractivity (Wildman–Crippen MR) is 110 cm³/mol. The van der Waals surface area contributed by atoms with Gasteiger partial charge in [0.15, 0.2) is 0 Å². The number of hydrogen-bond donors (Lipinski definition) is 0. The van der Waals surface area contributed by atoms with Crippen LogP contribution in [0.5, 0.6) is 0 Å². The largest absolute Gasteiger partial charge is 0.269 e. The van der Waals surface area contributed by atoms with Crippen molar-refractivity contribution in [1.82, 2.24) is 0 Å². The van der Waals surface area contributed by atoms with Gasteiger partial charge in [0, 0.05) is 7.05 Å². The molecule has 142 valence electrons.